The van der Waals surface area contributed by atoms with Gasteiger partial charge in [0.2, 0.25) is 5.91 Å². The summed E-state index contributed by atoms with van der Waals surface area (Å²) < 4.78 is 3.15. The van der Waals surface area contributed by atoms with Crippen LogP contribution in [0.2, 0.25) is 0 Å². The van der Waals surface area contributed by atoms with Gasteiger partial charge in [-0.1, -0.05) is 0 Å². The van der Waals surface area contributed by atoms with Gasteiger partial charge < -0.3 is 10.4 Å². The Hall–Kier alpha value is -2.64. The molecule has 2 aromatic rings. The second kappa shape index (κ2) is 6.21. The minimum Gasteiger partial charge on any atom is -0.476 e. The van der Waals surface area contributed by atoms with E-state index in [0.29, 0.717) is 13.1 Å². The van der Waals surface area contributed by atoms with Gasteiger partial charge in [0.1, 0.15) is 0 Å². The molecule has 2 N–H and O–H groups in total. The van der Waals surface area contributed by atoms with Gasteiger partial charge in [0.15, 0.2) is 5.69 Å². The number of hydrogen-bond donors (Lipinski definition) is 2. The van der Waals surface area contributed by atoms with Crippen LogP contribution in [0.15, 0.2) is 18.5 Å². The second-order valence-electron chi connectivity index (χ2n) is 4.71. The Labute approximate surface area is 121 Å². The van der Waals surface area contributed by atoms with Crippen molar-refractivity contribution in [1.29, 1.82) is 0 Å². The van der Waals surface area contributed by atoms with E-state index in [-0.39, 0.29) is 18.0 Å². The Kier molecular flexibility index (Phi) is 4.36. The first-order valence-electron chi connectivity index (χ1n) is 6.48. The third kappa shape index (κ3) is 3.91. The van der Waals surface area contributed by atoms with Gasteiger partial charge in [-0.15, -0.1) is 0 Å². The highest BCUT2D eigenvalue weighted by Crippen LogP contribution is 2.04. The van der Waals surface area contributed by atoms with Crippen molar-refractivity contribution in [2.75, 3.05) is 0 Å². The smallest absolute Gasteiger partial charge is 0.356 e. The Morgan fingerprint density at radius 1 is 1.38 bits per heavy atom. The standard InChI is InChI=1S/C13H17N5O3/c1-9-10(8-17(2)15-9)7-14-12(19)4-6-18-5-3-11(16-18)13(20)21/h3,5,8H,4,6-7H2,1-2H3,(H,14,19)(H,20,21). The Morgan fingerprint density at radius 3 is 2.71 bits per heavy atom. The number of nitrogens with one attached hydrogen (secondary N) is 1. The van der Waals surface area contributed by atoms with Gasteiger partial charge in [0, 0.05) is 44.5 Å². The number of aryl methyl sites for hydroxylation is 3. The molecule has 0 aliphatic rings. The highest BCUT2D eigenvalue weighted by Gasteiger charge is 2.09. The van der Waals surface area contributed by atoms with Crippen molar-refractivity contribution >= 4 is 11.9 Å². The summed E-state index contributed by atoms with van der Waals surface area (Å²) in [7, 11) is 1.83. The molecule has 0 saturated heterocycles. The molecule has 2 heterocycles. The normalized spacial score (nSPS) is 10.6. The fourth-order valence-electron chi connectivity index (χ4n) is 1.92. The fourth-order valence-corrected chi connectivity index (χ4v) is 1.92. The van der Waals surface area contributed by atoms with E-state index >= 15 is 0 Å². The summed E-state index contributed by atoms with van der Waals surface area (Å²) >= 11 is 0. The van der Waals surface area contributed by atoms with Crippen LogP contribution in [-0.2, 0) is 24.9 Å². The van der Waals surface area contributed by atoms with E-state index in [1.807, 2.05) is 20.2 Å². The molecule has 0 aromatic carbocycles. The monoisotopic (exact) mass is 291 g/mol. The van der Waals surface area contributed by atoms with Crippen molar-refractivity contribution in [3.05, 3.63) is 35.4 Å². The molecule has 21 heavy (non-hydrogen) atoms. The maximum atomic E-state index is 11.8. The number of carbonyl (C=O) groups excluding carboxylic acids is 1. The molecule has 0 unspecified atom stereocenters. The van der Waals surface area contributed by atoms with Crippen molar-refractivity contribution in [3.63, 3.8) is 0 Å². The minimum atomic E-state index is -1.08. The molecular formula is C13H17N5O3. The van der Waals surface area contributed by atoms with E-state index in [0.717, 1.165) is 11.3 Å². The largest absolute Gasteiger partial charge is 0.476 e. The molecule has 0 saturated carbocycles. The van der Waals surface area contributed by atoms with E-state index < -0.39 is 5.97 Å². The van der Waals surface area contributed by atoms with E-state index in [2.05, 4.69) is 15.5 Å². The number of carboxylic acid groups (broad SMARTS) is 1. The van der Waals surface area contributed by atoms with Crippen LogP contribution in [0.4, 0.5) is 0 Å². The summed E-state index contributed by atoms with van der Waals surface area (Å²) in [4.78, 5) is 22.4. The van der Waals surface area contributed by atoms with Crippen molar-refractivity contribution < 1.29 is 14.7 Å². The van der Waals surface area contributed by atoms with Gasteiger partial charge >= 0.3 is 5.97 Å². The number of amides is 1. The zero-order valence-corrected chi connectivity index (χ0v) is 11.9. The zero-order chi connectivity index (χ0) is 15.4. The molecule has 0 fully saturated rings. The summed E-state index contributed by atoms with van der Waals surface area (Å²) in [5, 5.41) is 19.6. The lowest BCUT2D eigenvalue weighted by molar-refractivity contribution is -0.121. The summed E-state index contributed by atoms with van der Waals surface area (Å²) in [6.45, 7) is 2.65. The number of carboxylic acids is 1. The van der Waals surface area contributed by atoms with E-state index in [1.54, 1.807) is 10.9 Å². The second-order valence-corrected chi connectivity index (χ2v) is 4.71. The Bertz CT molecular complexity index is 659. The average Bonchev–Trinajstić information content (AvgIpc) is 3.01. The molecule has 0 aliphatic carbocycles. The first kappa shape index (κ1) is 14.8. The number of nitrogens with zero attached hydrogens (tertiary/aromatic N) is 4. The number of rotatable bonds is 6. The first-order chi connectivity index (χ1) is 9.95. The lowest BCUT2D eigenvalue weighted by Gasteiger charge is -2.04. The topological polar surface area (TPSA) is 102 Å². The lowest BCUT2D eigenvalue weighted by Crippen LogP contribution is -2.24. The predicted octanol–water partition coefficient (Wildman–Crippen LogP) is 0.330. The molecule has 2 aromatic heterocycles. The lowest BCUT2D eigenvalue weighted by atomic mass is 10.2. The Morgan fingerprint density at radius 2 is 2.14 bits per heavy atom. The molecule has 8 nitrogen and oxygen atoms in total. The minimum absolute atomic E-state index is 0.0265. The highest BCUT2D eigenvalue weighted by molar-refractivity contribution is 5.85. The van der Waals surface area contributed by atoms with Crippen LogP contribution in [-0.4, -0.2) is 36.5 Å². The van der Waals surface area contributed by atoms with Crippen LogP contribution in [0, 0.1) is 6.92 Å². The van der Waals surface area contributed by atoms with Gasteiger partial charge in [-0.05, 0) is 13.0 Å². The predicted molar refractivity (Wildman–Crippen MR) is 73.6 cm³/mol. The SMILES string of the molecule is Cc1nn(C)cc1CNC(=O)CCn1ccc(C(=O)O)n1. The van der Waals surface area contributed by atoms with Crippen LogP contribution in [0.5, 0.6) is 0 Å². The first-order valence-corrected chi connectivity index (χ1v) is 6.48. The van der Waals surface area contributed by atoms with Crippen molar-refractivity contribution in [3.8, 4) is 0 Å². The molecule has 1 amide bonds. The maximum absolute atomic E-state index is 11.8. The molecule has 2 rings (SSSR count). The average molecular weight is 291 g/mol. The third-order valence-corrected chi connectivity index (χ3v) is 3.02. The molecule has 0 aliphatic heterocycles. The molecule has 0 radical (unpaired) electrons. The van der Waals surface area contributed by atoms with E-state index in [4.69, 9.17) is 5.11 Å². The van der Waals surface area contributed by atoms with Crippen LogP contribution >= 0.6 is 0 Å². The molecule has 8 heteroatoms. The molecule has 0 atom stereocenters. The molecule has 112 valence electrons. The zero-order valence-electron chi connectivity index (χ0n) is 11.9. The Balaban J connectivity index is 1.79. The van der Waals surface area contributed by atoms with Crippen LogP contribution in [0.25, 0.3) is 0 Å². The maximum Gasteiger partial charge on any atom is 0.356 e. The van der Waals surface area contributed by atoms with Crippen LogP contribution in [0.3, 0.4) is 0 Å². The van der Waals surface area contributed by atoms with Crippen molar-refractivity contribution in [1.82, 2.24) is 24.9 Å². The van der Waals surface area contributed by atoms with Crippen molar-refractivity contribution in [2.45, 2.75) is 26.4 Å². The quantitative estimate of drug-likeness (QED) is 0.798. The highest BCUT2D eigenvalue weighted by atomic mass is 16.4. The molecule has 0 bridgehead atoms. The fraction of sp³-hybridized carbons (Fsp3) is 0.385. The van der Waals surface area contributed by atoms with Gasteiger partial charge in [0.25, 0.3) is 0 Å². The van der Waals surface area contributed by atoms with E-state index in [9.17, 15) is 9.59 Å². The summed E-state index contributed by atoms with van der Waals surface area (Å²) in [6, 6.07) is 1.40. The van der Waals surface area contributed by atoms with Crippen molar-refractivity contribution in [2.24, 2.45) is 7.05 Å². The van der Waals surface area contributed by atoms with Crippen LogP contribution in [0.1, 0.15) is 28.2 Å². The van der Waals surface area contributed by atoms with Gasteiger partial charge in [-0.25, -0.2) is 4.79 Å². The van der Waals surface area contributed by atoms with Gasteiger partial charge in [-0.3, -0.25) is 14.2 Å². The molecule has 0 spiro atoms. The number of aromatic carboxylic acids is 1. The number of carbonyl (C=O) groups is 2. The van der Waals surface area contributed by atoms with E-state index in [1.165, 1.54) is 10.7 Å². The van der Waals surface area contributed by atoms with Gasteiger partial charge in [-0.2, -0.15) is 10.2 Å². The summed E-state index contributed by atoms with van der Waals surface area (Å²) in [5.74, 6) is -1.20. The summed E-state index contributed by atoms with van der Waals surface area (Å²) in [6.07, 6.45) is 3.64. The molecular weight excluding hydrogens is 274 g/mol. The summed E-state index contributed by atoms with van der Waals surface area (Å²) in [5.41, 5.74) is 1.83. The number of hydrogen-bond acceptors (Lipinski definition) is 4. The van der Waals surface area contributed by atoms with Crippen LogP contribution < -0.4 is 5.32 Å². The third-order valence-electron chi connectivity index (χ3n) is 3.02. The number of aromatic nitrogens is 4. The van der Waals surface area contributed by atoms with Gasteiger partial charge in [0.05, 0.1) is 5.69 Å².